The first-order chi connectivity index (χ1) is 9.76. The molecule has 114 valence electrons. The molecule has 1 N–H and O–H groups in total. The van der Waals surface area contributed by atoms with Crippen LogP contribution in [0.3, 0.4) is 0 Å². The van der Waals surface area contributed by atoms with Crippen molar-refractivity contribution >= 4 is 23.0 Å². The van der Waals surface area contributed by atoms with Gasteiger partial charge in [-0.15, -0.1) is 0 Å². The number of benzene rings is 1. The van der Waals surface area contributed by atoms with Gasteiger partial charge < -0.3 is 10.2 Å². The summed E-state index contributed by atoms with van der Waals surface area (Å²) < 4.78 is 13.0. The Hall–Kier alpha value is -1.16. The highest BCUT2D eigenvalue weighted by Gasteiger charge is 2.50. The van der Waals surface area contributed by atoms with Crippen molar-refractivity contribution in [2.75, 3.05) is 11.9 Å². The number of fused-ring (bicyclic) bond motifs is 2. The molecular weight excluding hydrogens is 283 g/mol. The fourth-order valence-electron chi connectivity index (χ4n) is 4.43. The maximum atomic E-state index is 13.0. The Morgan fingerprint density at radius 2 is 1.90 bits per heavy atom. The van der Waals surface area contributed by atoms with Crippen LogP contribution in [0.4, 0.5) is 10.1 Å². The largest absolute Gasteiger partial charge is 0.345 e. The van der Waals surface area contributed by atoms with Crippen molar-refractivity contribution in [2.24, 2.45) is 10.8 Å². The van der Waals surface area contributed by atoms with E-state index in [0.29, 0.717) is 16.9 Å². The summed E-state index contributed by atoms with van der Waals surface area (Å²) in [5.74, 6) is -0.224. The fraction of sp³-hybridized carbons (Fsp3) is 0.588. The van der Waals surface area contributed by atoms with Gasteiger partial charge >= 0.3 is 0 Å². The third kappa shape index (κ3) is 3.05. The molecular formula is C17H23FN2S. The Kier molecular flexibility index (Phi) is 3.47. The Labute approximate surface area is 131 Å². The molecule has 21 heavy (non-hydrogen) atoms. The molecule has 0 radical (unpaired) electrons. The molecule has 1 heterocycles. The average molecular weight is 306 g/mol. The highest BCUT2D eigenvalue weighted by molar-refractivity contribution is 7.80. The van der Waals surface area contributed by atoms with Crippen molar-refractivity contribution in [3.05, 3.63) is 30.1 Å². The van der Waals surface area contributed by atoms with E-state index in [0.717, 1.165) is 17.3 Å². The summed E-state index contributed by atoms with van der Waals surface area (Å²) >= 11 is 5.60. The molecule has 2 nitrogen and oxygen atoms in total. The SMILES string of the molecule is CC1(C)C[C@@H]2C[C@](C)(CN2C(=S)Nc2ccc(F)cc2)C1. The molecule has 1 aromatic rings. The molecule has 0 unspecified atom stereocenters. The Bertz CT molecular complexity index is 554. The molecule has 1 saturated heterocycles. The molecule has 0 aromatic heterocycles. The molecule has 4 heteroatoms. The van der Waals surface area contributed by atoms with E-state index in [4.69, 9.17) is 12.2 Å². The lowest BCUT2D eigenvalue weighted by atomic mass is 9.65. The molecule has 1 saturated carbocycles. The molecule has 2 bridgehead atoms. The standard InChI is InChI=1S/C17H23FN2S/c1-16(2)8-14-9-17(3,10-16)11-20(14)15(21)19-13-6-4-12(18)5-7-13/h4-7,14H,8-11H2,1-3H3,(H,19,21)/t14-,17+/m1/s1. The number of nitrogens with one attached hydrogen (secondary N) is 1. The smallest absolute Gasteiger partial charge is 0.173 e. The van der Waals surface area contributed by atoms with Crippen molar-refractivity contribution in [3.8, 4) is 0 Å². The maximum absolute atomic E-state index is 13.0. The molecule has 3 rings (SSSR count). The van der Waals surface area contributed by atoms with E-state index in [1.54, 1.807) is 12.1 Å². The second-order valence-corrected chi connectivity index (χ2v) is 8.17. The van der Waals surface area contributed by atoms with E-state index in [9.17, 15) is 4.39 Å². The first-order valence-corrected chi connectivity index (χ1v) is 8.01. The maximum Gasteiger partial charge on any atom is 0.173 e. The number of likely N-dealkylation sites (tertiary alicyclic amines) is 1. The lowest BCUT2D eigenvalue weighted by molar-refractivity contribution is 0.132. The van der Waals surface area contributed by atoms with Crippen LogP contribution < -0.4 is 5.32 Å². The first kappa shape index (κ1) is 14.8. The zero-order valence-electron chi connectivity index (χ0n) is 12.9. The van der Waals surface area contributed by atoms with E-state index in [2.05, 4.69) is 31.0 Å². The Morgan fingerprint density at radius 3 is 2.57 bits per heavy atom. The van der Waals surface area contributed by atoms with Gasteiger partial charge in [0.15, 0.2) is 5.11 Å². The molecule has 0 amide bonds. The normalized spacial score (nSPS) is 30.3. The van der Waals surface area contributed by atoms with Crippen LogP contribution in [0.2, 0.25) is 0 Å². The van der Waals surface area contributed by atoms with Gasteiger partial charge in [0.2, 0.25) is 0 Å². The second kappa shape index (κ2) is 4.94. The number of rotatable bonds is 1. The van der Waals surface area contributed by atoms with E-state index >= 15 is 0 Å². The van der Waals surface area contributed by atoms with Gasteiger partial charge in [-0.3, -0.25) is 0 Å². The van der Waals surface area contributed by atoms with Crippen molar-refractivity contribution in [1.29, 1.82) is 0 Å². The minimum atomic E-state index is -0.224. The average Bonchev–Trinajstić information content (AvgIpc) is 2.61. The number of hydrogen-bond acceptors (Lipinski definition) is 1. The predicted molar refractivity (Wildman–Crippen MR) is 88.9 cm³/mol. The quantitative estimate of drug-likeness (QED) is 0.773. The molecule has 2 atom stereocenters. The number of anilines is 1. The topological polar surface area (TPSA) is 15.3 Å². The summed E-state index contributed by atoms with van der Waals surface area (Å²) in [6.45, 7) is 8.12. The van der Waals surface area contributed by atoms with Gasteiger partial charge in [-0.2, -0.15) is 0 Å². The van der Waals surface area contributed by atoms with Crippen molar-refractivity contribution in [1.82, 2.24) is 4.90 Å². The minimum absolute atomic E-state index is 0.224. The zero-order chi connectivity index (χ0) is 15.3. The Balaban J connectivity index is 1.73. The van der Waals surface area contributed by atoms with E-state index in [1.807, 2.05) is 0 Å². The summed E-state index contributed by atoms with van der Waals surface area (Å²) in [5.41, 5.74) is 1.60. The van der Waals surface area contributed by atoms with Gasteiger partial charge in [0.1, 0.15) is 5.82 Å². The molecule has 1 aliphatic carbocycles. The van der Waals surface area contributed by atoms with Crippen LogP contribution in [-0.4, -0.2) is 22.6 Å². The molecule has 1 aromatic carbocycles. The molecule has 1 aliphatic heterocycles. The highest BCUT2D eigenvalue weighted by atomic mass is 32.1. The van der Waals surface area contributed by atoms with Crippen molar-refractivity contribution in [3.63, 3.8) is 0 Å². The van der Waals surface area contributed by atoms with Crippen LogP contribution in [-0.2, 0) is 0 Å². The van der Waals surface area contributed by atoms with Gasteiger partial charge in [-0.25, -0.2) is 4.39 Å². The number of thiocarbonyl (C=S) groups is 1. The van der Waals surface area contributed by atoms with Gasteiger partial charge in [-0.1, -0.05) is 20.8 Å². The van der Waals surface area contributed by atoms with Crippen LogP contribution in [0.1, 0.15) is 40.0 Å². The zero-order valence-corrected chi connectivity index (χ0v) is 13.8. The summed E-state index contributed by atoms with van der Waals surface area (Å²) in [5, 5.41) is 4.03. The lowest BCUT2D eigenvalue weighted by Gasteiger charge is -2.39. The third-order valence-electron chi connectivity index (χ3n) is 4.77. The van der Waals surface area contributed by atoms with Crippen molar-refractivity contribution < 1.29 is 4.39 Å². The van der Waals surface area contributed by atoms with E-state index < -0.39 is 0 Å². The second-order valence-electron chi connectivity index (χ2n) is 7.78. The summed E-state index contributed by atoms with van der Waals surface area (Å²) in [7, 11) is 0. The summed E-state index contributed by atoms with van der Waals surface area (Å²) in [4.78, 5) is 2.34. The monoisotopic (exact) mass is 306 g/mol. The van der Waals surface area contributed by atoms with E-state index in [1.165, 1.54) is 31.4 Å². The minimum Gasteiger partial charge on any atom is -0.345 e. The molecule has 0 spiro atoms. The number of halogens is 1. The van der Waals surface area contributed by atoms with Crippen LogP contribution in [0.25, 0.3) is 0 Å². The van der Waals surface area contributed by atoms with E-state index in [-0.39, 0.29) is 5.82 Å². The number of hydrogen-bond donors (Lipinski definition) is 1. The van der Waals surface area contributed by atoms with Crippen LogP contribution in [0, 0.1) is 16.6 Å². The van der Waals surface area contributed by atoms with Gasteiger partial charge in [0, 0.05) is 18.3 Å². The highest BCUT2D eigenvalue weighted by Crippen LogP contribution is 2.52. The lowest BCUT2D eigenvalue weighted by Crippen LogP contribution is -2.39. The third-order valence-corrected chi connectivity index (χ3v) is 5.11. The first-order valence-electron chi connectivity index (χ1n) is 7.60. The molecule has 2 aliphatic rings. The fourth-order valence-corrected chi connectivity index (χ4v) is 4.76. The van der Waals surface area contributed by atoms with Crippen molar-refractivity contribution in [2.45, 2.75) is 46.1 Å². The van der Waals surface area contributed by atoms with Crippen LogP contribution >= 0.6 is 12.2 Å². The Morgan fingerprint density at radius 1 is 1.24 bits per heavy atom. The summed E-state index contributed by atoms with van der Waals surface area (Å²) in [6.07, 6.45) is 3.67. The van der Waals surface area contributed by atoms with Gasteiger partial charge in [0.05, 0.1) is 0 Å². The van der Waals surface area contributed by atoms with Gasteiger partial charge in [0.25, 0.3) is 0 Å². The molecule has 2 fully saturated rings. The predicted octanol–water partition coefficient (Wildman–Crippen LogP) is 4.42. The van der Waals surface area contributed by atoms with Crippen LogP contribution in [0.15, 0.2) is 24.3 Å². The van der Waals surface area contributed by atoms with Crippen LogP contribution in [0.5, 0.6) is 0 Å². The van der Waals surface area contributed by atoms with Gasteiger partial charge in [-0.05, 0) is 66.6 Å². The number of nitrogens with zero attached hydrogens (tertiary/aromatic N) is 1. The summed E-state index contributed by atoms with van der Waals surface area (Å²) in [6, 6.07) is 6.90.